The lowest BCUT2D eigenvalue weighted by Gasteiger charge is -2.12. The van der Waals surface area contributed by atoms with E-state index in [1.165, 1.54) is 0 Å². The summed E-state index contributed by atoms with van der Waals surface area (Å²) >= 11 is 0. The van der Waals surface area contributed by atoms with E-state index >= 15 is 0 Å². The van der Waals surface area contributed by atoms with Gasteiger partial charge in [0.15, 0.2) is 0 Å². The number of hydrogen-bond acceptors (Lipinski definition) is 2. The van der Waals surface area contributed by atoms with Gasteiger partial charge in [0.25, 0.3) is 0 Å². The summed E-state index contributed by atoms with van der Waals surface area (Å²) in [6.07, 6.45) is 1.59. The molecule has 27 heavy (non-hydrogen) atoms. The predicted molar refractivity (Wildman–Crippen MR) is 107 cm³/mol. The number of pyridine rings is 1. The first kappa shape index (κ1) is 17.2. The third kappa shape index (κ3) is 3.54. The average molecular weight is 359 g/mol. The van der Waals surface area contributed by atoms with E-state index in [0.29, 0.717) is 11.3 Å². The van der Waals surface area contributed by atoms with Crippen LogP contribution in [-0.2, 0) is 4.65 Å². The normalized spacial score (nSPS) is 11.7. The molecule has 0 aliphatic heterocycles. The quantitative estimate of drug-likeness (QED) is 0.248. The molecule has 0 saturated carbocycles. The zero-order valence-corrected chi connectivity index (χ0v) is 14.7. The molecule has 0 radical (unpaired) electrons. The maximum Gasteiger partial charge on any atom is 0.796 e. The van der Waals surface area contributed by atoms with Crippen LogP contribution in [0.25, 0.3) is 33.5 Å². The van der Waals surface area contributed by atoms with E-state index in [4.69, 9.17) is 9.64 Å². The van der Waals surface area contributed by atoms with Crippen LogP contribution in [0.15, 0.2) is 72.8 Å². The number of aromatic nitrogens is 1. The Morgan fingerprint density at radius 3 is 2.33 bits per heavy atom. The number of benzene rings is 3. The lowest BCUT2D eigenvalue weighted by atomic mass is 10.0. The minimum Gasteiger partial charge on any atom is -0.505 e. The zero-order chi connectivity index (χ0) is 18.8. The smallest absolute Gasteiger partial charge is 0.505 e. The largest absolute Gasteiger partial charge is 0.796 e. The highest BCUT2D eigenvalue weighted by molar-refractivity contribution is 6.36. The van der Waals surface area contributed by atoms with Gasteiger partial charge in [-0.2, -0.15) is 0 Å². The highest BCUT2D eigenvalue weighted by Gasteiger charge is 2.21. The molecule has 0 aliphatic carbocycles. The molecule has 1 aromatic heterocycles. The average Bonchev–Trinajstić information content (AvgIpc) is 2.67. The van der Waals surface area contributed by atoms with Gasteiger partial charge in [-0.05, 0) is 24.4 Å². The van der Waals surface area contributed by atoms with Gasteiger partial charge in [0.1, 0.15) is 5.76 Å². The molecule has 1 heterocycles. The van der Waals surface area contributed by atoms with Crippen molar-refractivity contribution in [2.75, 3.05) is 0 Å². The first-order chi connectivity index (χ1) is 13.1. The van der Waals surface area contributed by atoms with Crippen LogP contribution < -0.4 is 0 Å². The van der Waals surface area contributed by atoms with Crippen molar-refractivity contribution < 1.29 is 13.3 Å². The molecule has 0 bridgehead atoms. The highest BCUT2D eigenvalue weighted by atomic mass is 19.2. The molecule has 4 rings (SSSR count). The third-order valence-corrected chi connectivity index (χ3v) is 4.42. The number of halogens is 2. The molecule has 0 saturated heterocycles. The van der Waals surface area contributed by atoms with Gasteiger partial charge in [-0.25, -0.2) is 13.6 Å². The minimum atomic E-state index is -2.91. The molecule has 0 atom stereocenters. The number of aryl methyl sites for hydroxylation is 1. The Morgan fingerprint density at radius 2 is 1.59 bits per heavy atom. The maximum atomic E-state index is 13.1. The third-order valence-electron chi connectivity index (χ3n) is 4.42. The van der Waals surface area contributed by atoms with Crippen LogP contribution in [0.1, 0.15) is 16.8 Å². The standard InChI is InChI=1S/C22H16BF2NO/c1-15-7-6-8-16(13-15)22(27-23(24)25)14-21-19-11-3-2-9-17(19)18-10-4-5-12-20(18)26-21/h2-14H,1H3/b22-14-. The monoisotopic (exact) mass is 359 g/mol. The van der Waals surface area contributed by atoms with Crippen molar-refractivity contribution in [1.29, 1.82) is 0 Å². The van der Waals surface area contributed by atoms with Gasteiger partial charge in [0, 0.05) is 22.4 Å². The van der Waals surface area contributed by atoms with Gasteiger partial charge < -0.3 is 4.65 Å². The summed E-state index contributed by atoms with van der Waals surface area (Å²) in [5.74, 6) is 0.0987. The second-order valence-corrected chi connectivity index (χ2v) is 6.32. The first-order valence-electron chi connectivity index (χ1n) is 8.63. The summed E-state index contributed by atoms with van der Waals surface area (Å²) < 4.78 is 31.0. The predicted octanol–water partition coefficient (Wildman–Crippen LogP) is 6.14. The molecule has 5 heteroatoms. The molecule has 0 fully saturated rings. The number of nitrogens with zero attached hydrogens (tertiary/aromatic N) is 1. The number of para-hydroxylation sites is 1. The molecule has 0 amide bonds. The van der Waals surface area contributed by atoms with Crippen LogP contribution in [0.3, 0.4) is 0 Å². The Hall–Kier alpha value is -3.21. The van der Waals surface area contributed by atoms with Crippen LogP contribution in [0.2, 0.25) is 0 Å². The fourth-order valence-corrected chi connectivity index (χ4v) is 3.24. The zero-order valence-electron chi connectivity index (χ0n) is 14.7. The van der Waals surface area contributed by atoms with Crippen LogP contribution in [0, 0.1) is 6.92 Å². The molecule has 0 N–H and O–H groups in total. The lowest BCUT2D eigenvalue weighted by Crippen LogP contribution is -2.04. The summed E-state index contributed by atoms with van der Waals surface area (Å²) in [5, 5.41) is 2.94. The van der Waals surface area contributed by atoms with Gasteiger partial charge in [-0.15, -0.1) is 0 Å². The first-order valence-corrected chi connectivity index (χ1v) is 8.63. The summed E-state index contributed by atoms with van der Waals surface area (Å²) in [5.41, 5.74) is 2.96. The fraction of sp³-hybridized carbons (Fsp3) is 0.0455. The summed E-state index contributed by atoms with van der Waals surface area (Å²) in [6.45, 7) is 1.91. The summed E-state index contributed by atoms with van der Waals surface area (Å²) in [4.78, 5) is 4.70. The van der Waals surface area contributed by atoms with E-state index in [1.54, 1.807) is 12.1 Å². The second kappa shape index (κ2) is 7.19. The number of rotatable bonds is 4. The SMILES string of the molecule is Cc1cccc(/C(=C/c2nc3ccccc3c3ccccc23)OB(F)F)c1. The molecule has 3 aromatic carbocycles. The van der Waals surface area contributed by atoms with E-state index in [2.05, 4.69) is 0 Å². The van der Waals surface area contributed by atoms with E-state index in [-0.39, 0.29) is 5.76 Å². The molecular weight excluding hydrogens is 343 g/mol. The van der Waals surface area contributed by atoms with Crippen LogP contribution in [0.5, 0.6) is 0 Å². The van der Waals surface area contributed by atoms with Gasteiger partial charge in [-0.1, -0.05) is 66.2 Å². The van der Waals surface area contributed by atoms with Crippen LogP contribution in [-0.4, -0.2) is 12.5 Å². The Kier molecular flexibility index (Phi) is 4.59. The van der Waals surface area contributed by atoms with Crippen LogP contribution in [0.4, 0.5) is 8.63 Å². The molecule has 132 valence electrons. The van der Waals surface area contributed by atoms with Gasteiger partial charge in [-0.3, -0.25) is 0 Å². The van der Waals surface area contributed by atoms with Crippen molar-refractivity contribution in [1.82, 2.24) is 4.98 Å². The van der Waals surface area contributed by atoms with E-state index in [9.17, 15) is 8.63 Å². The second-order valence-electron chi connectivity index (χ2n) is 6.32. The van der Waals surface area contributed by atoms with Crippen molar-refractivity contribution in [2.45, 2.75) is 6.92 Å². The van der Waals surface area contributed by atoms with E-state index in [1.807, 2.05) is 73.7 Å². The summed E-state index contributed by atoms with van der Waals surface area (Å²) in [6, 6.07) is 22.9. The van der Waals surface area contributed by atoms with E-state index < -0.39 is 7.47 Å². The fourth-order valence-electron chi connectivity index (χ4n) is 3.24. The molecule has 4 aromatic rings. The Balaban J connectivity index is 1.97. The van der Waals surface area contributed by atoms with Crippen LogP contribution >= 0.6 is 0 Å². The number of fused-ring (bicyclic) bond motifs is 3. The Bertz CT molecular complexity index is 1160. The molecule has 2 nitrogen and oxygen atoms in total. The maximum absolute atomic E-state index is 13.1. The topological polar surface area (TPSA) is 22.1 Å². The van der Waals surface area contributed by atoms with Gasteiger partial charge in [0.2, 0.25) is 0 Å². The molecule has 0 unspecified atom stereocenters. The molecule has 0 spiro atoms. The van der Waals surface area contributed by atoms with Crippen molar-refractivity contribution in [2.24, 2.45) is 0 Å². The summed E-state index contributed by atoms with van der Waals surface area (Å²) in [7, 11) is -2.91. The van der Waals surface area contributed by atoms with Crippen molar-refractivity contribution >= 4 is 41.0 Å². The Labute approximate surface area is 156 Å². The minimum absolute atomic E-state index is 0.0987. The molecular formula is C22H16BF2NO. The Morgan fingerprint density at radius 1 is 0.889 bits per heavy atom. The van der Waals surface area contributed by atoms with Gasteiger partial charge in [0.05, 0.1) is 11.2 Å². The highest BCUT2D eigenvalue weighted by Crippen LogP contribution is 2.29. The van der Waals surface area contributed by atoms with Gasteiger partial charge >= 0.3 is 7.47 Å². The lowest BCUT2D eigenvalue weighted by molar-refractivity contribution is 0.398. The van der Waals surface area contributed by atoms with Crippen molar-refractivity contribution in [3.8, 4) is 0 Å². The van der Waals surface area contributed by atoms with Crippen molar-refractivity contribution in [3.05, 3.63) is 89.6 Å². The number of hydrogen-bond donors (Lipinski definition) is 0. The van der Waals surface area contributed by atoms with Crippen molar-refractivity contribution in [3.63, 3.8) is 0 Å². The molecule has 0 aliphatic rings. The van der Waals surface area contributed by atoms with E-state index in [0.717, 1.165) is 27.2 Å².